The lowest BCUT2D eigenvalue weighted by Gasteiger charge is -2.25. The van der Waals surface area contributed by atoms with Gasteiger partial charge in [-0.2, -0.15) is 0 Å². The lowest BCUT2D eigenvalue weighted by atomic mass is 10.1. The van der Waals surface area contributed by atoms with Gasteiger partial charge in [-0.1, -0.05) is 59.6 Å². The zero-order valence-corrected chi connectivity index (χ0v) is 18.6. The van der Waals surface area contributed by atoms with Crippen LogP contribution in [0.4, 0.5) is 10.1 Å². The average molecular weight is 461 g/mol. The highest BCUT2D eigenvalue weighted by Crippen LogP contribution is 2.27. The van der Waals surface area contributed by atoms with E-state index in [2.05, 4.69) is 5.32 Å². The molecule has 3 aromatic carbocycles. The summed E-state index contributed by atoms with van der Waals surface area (Å²) in [6.07, 6.45) is 0. The molecule has 0 aliphatic rings. The number of aryl methyl sites for hydroxylation is 1. The Morgan fingerprint density at radius 3 is 2.32 bits per heavy atom. The van der Waals surface area contributed by atoms with E-state index in [4.69, 9.17) is 11.6 Å². The summed E-state index contributed by atoms with van der Waals surface area (Å²) in [5.41, 5.74) is 2.07. The van der Waals surface area contributed by atoms with Crippen molar-refractivity contribution in [2.45, 2.75) is 24.8 Å². The Kier molecular flexibility index (Phi) is 6.97. The first kappa shape index (κ1) is 22.8. The second-order valence-electron chi connectivity index (χ2n) is 7.12. The van der Waals surface area contributed by atoms with Crippen molar-refractivity contribution in [2.24, 2.45) is 0 Å². The van der Waals surface area contributed by atoms with Gasteiger partial charge in [-0.15, -0.1) is 0 Å². The van der Waals surface area contributed by atoms with Gasteiger partial charge in [0.25, 0.3) is 10.0 Å². The summed E-state index contributed by atoms with van der Waals surface area (Å²) in [5, 5.41) is 2.58. The van der Waals surface area contributed by atoms with Crippen molar-refractivity contribution in [3.05, 3.63) is 94.8 Å². The summed E-state index contributed by atoms with van der Waals surface area (Å²) >= 11 is 5.87. The normalized spacial score (nSPS) is 12.3. The molecule has 0 spiro atoms. The topological polar surface area (TPSA) is 66.5 Å². The molecule has 1 N–H and O–H groups in total. The van der Waals surface area contributed by atoms with Crippen molar-refractivity contribution in [1.82, 2.24) is 5.32 Å². The molecule has 3 rings (SSSR count). The number of benzene rings is 3. The van der Waals surface area contributed by atoms with Crippen LogP contribution in [0.1, 0.15) is 24.1 Å². The number of anilines is 1. The summed E-state index contributed by atoms with van der Waals surface area (Å²) < 4.78 is 41.1. The molecule has 0 unspecified atom stereocenters. The van der Waals surface area contributed by atoms with E-state index in [0.717, 1.165) is 21.5 Å². The highest BCUT2D eigenvalue weighted by Gasteiger charge is 2.28. The molecule has 8 heteroatoms. The van der Waals surface area contributed by atoms with Crippen LogP contribution in [0.3, 0.4) is 0 Å². The van der Waals surface area contributed by atoms with Crippen LogP contribution < -0.4 is 9.62 Å². The zero-order chi connectivity index (χ0) is 22.6. The molecule has 0 aliphatic carbocycles. The van der Waals surface area contributed by atoms with E-state index in [1.54, 1.807) is 18.2 Å². The van der Waals surface area contributed by atoms with E-state index >= 15 is 0 Å². The lowest BCUT2D eigenvalue weighted by Crippen LogP contribution is -2.41. The van der Waals surface area contributed by atoms with Crippen LogP contribution in [-0.4, -0.2) is 20.9 Å². The molecule has 0 heterocycles. The van der Waals surface area contributed by atoms with E-state index in [0.29, 0.717) is 0 Å². The molecule has 1 amide bonds. The van der Waals surface area contributed by atoms with Gasteiger partial charge in [0.15, 0.2) is 0 Å². The fourth-order valence-electron chi connectivity index (χ4n) is 3.03. The third kappa shape index (κ3) is 5.42. The van der Waals surface area contributed by atoms with Gasteiger partial charge in [-0.05, 0) is 49.7 Å². The fourth-order valence-corrected chi connectivity index (χ4v) is 4.64. The second-order valence-corrected chi connectivity index (χ2v) is 9.39. The zero-order valence-electron chi connectivity index (χ0n) is 17.0. The van der Waals surface area contributed by atoms with Gasteiger partial charge in [-0.3, -0.25) is 9.10 Å². The number of halogens is 2. The molecule has 5 nitrogen and oxygen atoms in total. The number of nitrogens with one attached hydrogen (secondary N) is 1. The Balaban J connectivity index is 1.90. The Morgan fingerprint density at radius 1 is 1.06 bits per heavy atom. The van der Waals surface area contributed by atoms with E-state index in [1.807, 2.05) is 38.1 Å². The minimum Gasteiger partial charge on any atom is -0.348 e. The maximum absolute atomic E-state index is 13.7. The molecule has 0 saturated carbocycles. The summed E-state index contributed by atoms with van der Waals surface area (Å²) in [5.74, 6) is -1.19. The van der Waals surface area contributed by atoms with Crippen LogP contribution in [0, 0.1) is 12.7 Å². The highest BCUT2D eigenvalue weighted by molar-refractivity contribution is 7.92. The third-order valence-electron chi connectivity index (χ3n) is 4.76. The number of rotatable bonds is 7. The molecule has 162 valence electrons. The number of carbonyl (C=O) groups excluding carboxylic acids is 1. The maximum Gasteiger partial charge on any atom is 0.264 e. The van der Waals surface area contributed by atoms with Gasteiger partial charge >= 0.3 is 0 Å². The number of sulfonamides is 1. The number of carbonyl (C=O) groups is 1. The molecule has 0 bridgehead atoms. The van der Waals surface area contributed by atoms with Gasteiger partial charge in [-0.25, -0.2) is 12.8 Å². The molecule has 0 radical (unpaired) electrons. The molecular formula is C23H22ClFN2O3S. The third-order valence-corrected chi connectivity index (χ3v) is 6.84. The summed E-state index contributed by atoms with van der Waals surface area (Å²) in [7, 11) is -4.09. The molecule has 0 fully saturated rings. The van der Waals surface area contributed by atoms with Gasteiger partial charge < -0.3 is 5.32 Å². The Morgan fingerprint density at radius 2 is 1.71 bits per heavy atom. The molecule has 1 atom stereocenters. The summed E-state index contributed by atoms with van der Waals surface area (Å²) in [6.45, 7) is 3.29. The van der Waals surface area contributed by atoms with Crippen molar-refractivity contribution in [3.8, 4) is 0 Å². The number of amides is 1. The number of nitrogens with zero attached hydrogens (tertiary/aromatic N) is 1. The fraction of sp³-hybridized carbons (Fsp3) is 0.174. The predicted octanol–water partition coefficient (Wildman–Crippen LogP) is 4.86. The van der Waals surface area contributed by atoms with Crippen molar-refractivity contribution in [3.63, 3.8) is 0 Å². The van der Waals surface area contributed by atoms with Crippen LogP contribution >= 0.6 is 11.6 Å². The van der Waals surface area contributed by atoms with E-state index in [-0.39, 0.29) is 21.6 Å². The Hall–Kier alpha value is -2.90. The van der Waals surface area contributed by atoms with Crippen LogP contribution in [-0.2, 0) is 14.8 Å². The highest BCUT2D eigenvalue weighted by atomic mass is 35.5. The molecule has 3 aromatic rings. The maximum atomic E-state index is 13.7. The first-order valence-corrected chi connectivity index (χ1v) is 11.4. The summed E-state index contributed by atoms with van der Waals surface area (Å²) in [4.78, 5) is 12.8. The number of hydrogen-bond donors (Lipinski definition) is 1. The monoisotopic (exact) mass is 460 g/mol. The largest absolute Gasteiger partial charge is 0.348 e. The van der Waals surface area contributed by atoms with Crippen molar-refractivity contribution in [1.29, 1.82) is 0 Å². The summed E-state index contributed by atoms with van der Waals surface area (Å²) in [6, 6.07) is 18.6. The predicted molar refractivity (Wildman–Crippen MR) is 120 cm³/mol. The van der Waals surface area contributed by atoms with Crippen LogP contribution in [0.2, 0.25) is 5.02 Å². The van der Waals surface area contributed by atoms with Crippen molar-refractivity contribution < 1.29 is 17.6 Å². The quantitative estimate of drug-likeness (QED) is 0.547. The lowest BCUT2D eigenvalue weighted by molar-refractivity contribution is -0.120. The van der Waals surface area contributed by atoms with Gasteiger partial charge in [0.2, 0.25) is 5.91 Å². The molecular weight excluding hydrogens is 439 g/mol. The second kappa shape index (κ2) is 9.49. The average Bonchev–Trinajstić information content (AvgIpc) is 2.75. The first-order chi connectivity index (χ1) is 14.7. The first-order valence-electron chi connectivity index (χ1n) is 9.57. The van der Waals surface area contributed by atoms with Crippen LogP contribution in [0.5, 0.6) is 0 Å². The van der Waals surface area contributed by atoms with Gasteiger partial charge in [0, 0.05) is 0 Å². The Labute approximate surface area is 186 Å². The SMILES string of the molecule is Cc1ccc([C@H](C)NC(=O)CN(c2ccc(F)c(Cl)c2)S(=O)(=O)c2ccccc2)cc1. The van der Waals surface area contributed by atoms with E-state index < -0.39 is 28.3 Å². The van der Waals surface area contributed by atoms with Crippen LogP contribution in [0.15, 0.2) is 77.7 Å². The smallest absolute Gasteiger partial charge is 0.264 e. The molecule has 0 aromatic heterocycles. The molecule has 0 saturated heterocycles. The van der Waals surface area contributed by atoms with Crippen molar-refractivity contribution >= 4 is 33.2 Å². The minimum atomic E-state index is -4.09. The van der Waals surface area contributed by atoms with Crippen LogP contribution in [0.25, 0.3) is 0 Å². The van der Waals surface area contributed by atoms with E-state index in [9.17, 15) is 17.6 Å². The standard InChI is InChI=1S/C23H22ClFN2O3S/c1-16-8-10-18(11-9-16)17(2)26-23(28)15-27(19-12-13-22(25)21(24)14-19)31(29,30)20-6-4-3-5-7-20/h3-14,17H,15H2,1-2H3,(H,26,28)/t17-/m0/s1. The Bertz CT molecular complexity index is 1170. The van der Waals surface area contributed by atoms with E-state index in [1.165, 1.54) is 24.3 Å². The van der Waals surface area contributed by atoms with Crippen molar-refractivity contribution in [2.75, 3.05) is 10.8 Å². The molecule has 0 aliphatic heterocycles. The van der Waals surface area contributed by atoms with Gasteiger partial charge in [0.1, 0.15) is 12.4 Å². The molecule has 31 heavy (non-hydrogen) atoms. The number of hydrogen-bond acceptors (Lipinski definition) is 3. The van der Waals surface area contributed by atoms with Gasteiger partial charge in [0.05, 0.1) is 21.6 Å². The minimum absolute atomic E-state index is 0.00910.